The number of methoxy groups -OCH3 is 1. The molecule has 2 aromatic carbocycles. The lowest BCUT2D eigenvalue weighted by Crippen LogP contribution is -2.22. The highest BCUT2D eigenvalue weighted by atomic mass is 35.5. The van der Waals surface area contributed by atoms with Gasteiger partial charge in [0.05, 0.1) is 20.0 Å². The van der Waals surface area contributed by atoms with Gasteiger partial charge in [-0.15, -0.1) is 0 Å². The van der Waals surface area contributed by atoms with E-state index in [-0.39, 0.29) is 24.7 Å². The first-order chi connectivity index (χ1) is 12.5. The van der Waals surface area contributed by atoms with E-state index in [1.54, 1.807) is 50.4 Å². The molecular formula is C19H20ClN3O3. The maximum Gasteiger partial charge on any atom is 0.244 e. The highest BCUT2D eigenvalue weighted by Crippen LogP contribution is 2.13. The van der Waals surface area contributed by atoms with Gasteiger partial charge in [0, 0.05) is 16.4 Å². The van der Waals surface area contributed by atoms with E-state index in [1.165, 1.54) is 0 Å². The molecule has 2 N–H and O–H groups in total. The molecule has 136 valence electrons. The maximum absolute atomic E-state index is 12.0. The number of nitrogens with one attached hydrogen (secondary N) is 2. The molecule has 0 atom stereocenters. The number of halogens is 1. The maximum atomic E-state index is 12.0. The van der Waals surface area contributed by atoms with Gasteiger partial charge in [-0.3, -0.25) is 9.59 Å². The van der Waals surface area contributed by atoms with Crippen molar-refractivity contribution in [3.05, 3.63) is 59.1 Å². The molecule has 2 amide bonds. The number of ether oxygens (including phenoxy) is 1. The van der Waals surface area contributed by atoms with Crippen LogP contribution in [-0.4, -0.2) is 24.6 Å². The molecule has 0 aliphatic carbocycles. The highest BCUT2D eigenvalue weighted by Gasteiger charge is 2.06. The second-order valence-corrected chi connectivity index (χ2v) is 6.08. The van der Waals surface area contributed by atoms with Crippen molar-refractivity contribution in [2.45, 2.75) is 19.8 Å². The molecule has 0 heterocycles. The lowest BCUT2D eigenvalue weighted by atomic mass is 10.1. The Bertz CT molecular complexity index is 787. The number of hydrogen-bond acceptors (Lipinski definition) is 4. The number of amides is 2. The van der Waals surface area contributed by atoms with Crippen molar-refractivity contribution in [3.8, 4) is 5.75 Å². The van der Waals surface area contributed by atoms with Crippen molar-refractivity contribution in [3.63, 3.8) is 0 Å². The summed E-state index contributed by atoms with van der Waals surface area (Å²) >= 11 is 5.80. The van der Waals surface area contributed by atoms with Crippen molar-refractivity contribution in [1.29, 1.82) is 0 Å². The summed E-state index contributed by atoms with van der Waals surface area (Å²) in [5, 5.41) is 7.29. The molecule has 0 unspecified atom stereocenters. The third-order valence-corrected chi connectivity index (χ3v) is 3.69. The predicted molar refractivity (Wildman–Crippen MR) is 103 cm³/mol. The lowest BCUT2D eigenvalue weighted by molar-refractivity contribution is -0.120. The molecule has 6 nitrogen and oxygen atoms in total. The quantitative estimate of drug-likeness (QED) is 0.576. The molecule has 0 radical (unpaired) electrons. The van der Waals surface area contributed by atoms with Crippen LogP contribution in [0.3, 0.4) is 0 Å². The van der Waals surface area contributed by atoms with Crippen molar-refractivity contribution in [2.24, 2.45) is 5.10 Å². The molecule has 26 heavy (non-hydrogen) atoms. The zero-order valence-electron chi connectivity index (χ0n) is 14.6. The van der Waals surface area contributed by atoms with Gasteiger partial charge in [-0.05, 0) is 48.9 Å². The van der Waals surface area contributed by atoms with E-state index in [9.17, 15) is 9.59 Å². The topological polar surface area (TPSA) is 79.8 Å². The van der Waals surface area contributed by atoms with Crippen LogP contribution in [0.4, 0.5) is 5.69 Å². The number of carbonyl (C=O) groups excluding carboxylic acids is 2. The molecule has 7 heteroatoms. The minimum absolute atomic E-state index is 0.0748. The Morgan fingerprint density at radius 1 is 1.04 bits per heavy atom. The monoisotopic (exact) mass is 373 g/mol. The van der Waals surface area contributed by atoms with Crippen molar-refractivity contribution in [2.75, 3.05) is 12.4 Å². The first-order valence-corrected chi connectivity index (χ1v) is 8.34. The summed E-state index contributed by atoms with van der Waals surface area (Å²) in [6, 6.07) is 14.0. The standard InChI is InChI=1S/C19H20ClN3O3/c1-13(11-18(24)21-16-7-5-15(20)6-8-16)22-23-19(25)12-14-3-9-17(26-2)10-4-14/h3-10H,11-12H2,1-2H3,(H,21,24)(H,23,25). The highest BCUT2D eigenvalue weighted by molar-refractivity contribution is 6.30. The third-order valence-electron chi connectivity index (χ3n) is 3.44. The number of hydrogen-bond donors (Lipinski definition) is 2. The van der Waals surface area contributed by atoms with Crippen molar-refractivity contribution >= 4 is 34.8 Å². The van der Waals surface area contributed by atoms with Gasteiger partial charge in [0.1, 0.15) is 5.75 Å². The number of rotatable bonds is 7. The molecule has 0 aromatic heterocycles. The zero-order chi connectivity index (χ0) is 18.9. The van der Waals surface area contributed by atoms with Crippen molar-refractivity contribution < 1.29 is 14.3 Å². The Morgan fingerprint density at radius 2 is 1.69 bits per heavy atom. The van der Waals surface area contributed by atoms with Crippen LogP contribution in [0.1, 0.15) is 18.9 Å². The Kier molecular flexibility index (Phi) is 7.17. The second kappa shape index (κ2) is 9.58. The van der Waals surface area contributed by atoms with Gasteiger partial charge in [0.25, 0.3) is 0 Å². The minimum Gasteiger partial charge on any atom is -0.497 e. The van der Waals surface area contributed by atoms with Gasteiger partial charge in [0.15, 0.2) is 0 Å². The van der Waals surface area contributed by atoms with Crippen LogP contribution in [0.25, 0.3) is 0 Å². The van der Waals surface area contributed by atoms with Gasteiger partial charge in [-0.1, -0.05) is 23.7 Å². The van der Waals surface area contributed by atoms with E-state index in [0.29, 0.717) is 16.4 Å². The first-order valence-electron chi connectivity index (χ1n) is 7.96. The van der Waals surface area contributed by atoms with Crippen LogP contribution < -0.4 is 15.5 Å². The molecule has 0 saturated heterocycles. The number of carbonyl (C=O) groups is 2. The summed E-state index contributed by atoms with van der Waals surface area (Å²) in [7, 11) is 1.59. The molecule has 0 bridgehead atoms. The molecule has 0 spiro atoms. The summed E-state index contributed by atoms with van der Waals surface area (Å²) < 4.78 is 5.07. The number of nitrogens with zero attached hydrogens (tertiary/aromatic N) is 1. The van der Waals surface area contributed by atoms with E-state index < -0.39 is 0 Å². The fourth-order valence-corrected chi connectivity index (χ4v) is 2.26. The Balaban J connectivity index is 1.79. The van der Waals surface area contributed by atoms with Crippen LogP contribution in [0.2, 0.25) is 5.02 Å². The third kappa shape index (κ3) is 6.57. The van der Waals surface area contributed by atoms with E-state index >= 15 is 0 Å². The fraction of sp³-hybridized carbons (Fsp3) is 0.211. The van der Waals surface area contributed by atoms with Gasteiger partial charge in [0.2, 0.25) is 11.8 Å². The van der Waals surface area contributed by atoms with E-state index in [1.807, 2.05) is 12.1 Å². The van der Waals surface area contributed by atoms with Gasteiger partial charge < -0.3 is 10.1 Å². The molecule has 0 saturated carbocycles. The van der Waals surface area contributed by atoms with E-state index in [0.717, 1.165) is 11.3 Å². The van der Waals surface area contributed by atoms with E-state index in [2.05, 4.69) is 15.8 Å². The number of hydrazone groups is 1. The zero-order valence-corrected chi connectivity index (χ0v) is 15.3. The SMILES string of the molecule is COc1ccc(CC(=O)NN=C(C)CC(=O)Nc2ccc(Cl)cc2)cc1. The van der Waals surface area contributed by atoms with Gasteiger partial charge >= 0.3 is 0 Å². The van der Waals surface area contributed by atoms with Crippen LogP contribution >= 0.6 is 11.6 Å². The lowest BCUT2D eigenvalue weighted by Gasteiger charge is -2.06. The van der Waals surface area contributed by atoms with Gasteiger partial charge in [-0.2, -0.15) is 5.10 Å². The van der Waals surface area contributed by atoms with Gasteiger partial charge in [-0.25, -0.2) is 5.43 Å². The Labute approximate surface area is 157 Å². The smallest absolute Gasteiger partial charge is 0.244 e. The molecule has 0 aliphatic heterocycles. The van der Waals surface area contributed by atoms with Crippen LogP contribution in [0.15, 0.2) is 53.6 Å². The summed E-state index contributed by atoms with van der Waals surface area (Å²) in [5.41, 5.74) is 4.45. The largest absolute Gasteiger partial charge is 0.497 e. The van der Waals surface area contributed by atoms with Crippen LogP contribution in [-0.2, 0) is 16.0 Å². The molecule has 2 rings (SSSR count). The van der Waals surface area contributed by atoms with Crippen molar-refractivity contribution in [1.82, 2.24) is 5.43 Å². The second-order valence-electron chi connectivity index (χ2n) is 5.64. The molecular weight excluding hydrogens is 354 g/mol. The summed E-state index contributed by atoms with van der Waals surface area (Å²) in [5.74, 6) is 0.250. The predicted octanol–water partition coefficient (Wildman–Crippen LogP) is 3.41. The van der Waals surface area contributed by atoms with Crippen LogP contribution in [0.5, 0.6) is 5.75 Å². The van der Waals surface area contributed by atoms with E-state index in [4.69, 9.17) is 16.3 Å². The average Bonchev–Trinajstić information content (AvgIpc) is 2.62. The summed E-state index contributed by atoms with van der Waals surface area (Å²) in [4.78, 5) is 23.9. The molecule has 0 aliphatic rings. The minimum atomic E-state index is -0.257. The normalized spacial score (nSPS) is 11.0. The molecule has 0 fully saturated rings. The number of benzene rings is 2. The molecule has 2 aromatic rings. The summed E-state index contributed by atoms with van der Waals surface area (Å²) in [6.45, 7) is 1.68. The number of anilines is 1. The summed E-state index contributed by atoms with van der Waals surface area (Å²) in [6.07, 6.45) is 0.267. The Hall–Kier alpha value is -2.86. The van der Waals surface area contributed by atoms with Crippen LogP contribution in [0, 0.1) is 0 Å². The Morgan fingerprint density at radius 3 is 2.31 bits per heavy atom. The average molecular weight is 374 g/mol. The fourth-order valence-electron chi connectivity index (χ4n) is 2.14. The first kappa shape index (κ1) is 19.5.